The Morgan fingerprint density at radius 2 is 2.19 bits per heavy atom. The van der Waals surface area contributed by atoms with Crippen molar-refractivity contribution >= 4 is 0 Å². The van der Waals surface area contributed by atoms with Gasteiger partial charge < -0.3 is 5.73 Å². The molecule has 0 amide bonds. The highest BCUT2D eigenvalue weighted by Crippen LogP contribution is 2.16. The summed E-state index contributed by atoms with van der Waals surface area (Å²) in [6, 6.07) is 5.85. The predicted octanol–water partition coefficient (Wildman–Crippen LogP) is 1.35. The largest absolute Gasteiger partial charge is 0.330 e. The van der Waals surface area contributed by atoms with E-state index >= 15 is 0 Å². The summed E-state index contributed by atoms with van der Waals surface area (Å²) in [5.41, 5.74) is 8.42. The van der Waals surface area contributed by atoms with E-state index in [-0.39, 0.29) is 0 Å². The van der Waals surface area contributed by atoms with E-state index in [1.807, 2.05) is 25.1 Å². The summed E-state index contributed by atoms with van der Waals surface area (Å²) >= 11 is 0. The van der Waals surface area contributed by atoms with Crippen LogP contribution in [-0.2, 0) is 6.42 Å². The van der Waals surface area contributed by atoms with Crippen molar-refractivity contribution in [2.24, 2.45) is 5.73 Å². The molecule has 2 rings (SSSR count). The molecular formula is C12H14N4. The Hall–Kier alpha value is -1.81. The van der Waals surface area contributed by atoms with Crippen molar-refractivity contribution in [3.8, 4) is 11.3 Å². The number of nitrogens with zero attached hydrogens (tertiary/aromatic N) is 3. The number of hydrogen-bond donors (Lipinski definition) is 1. The minimum atomic E-state index is 0.600. The molecule has 2 aromatic heterocycles. The zero-order valence-corrected chi connectivity index (χ0v) is 9.22. The first-order valence-electron chi connectivity index (χ1n) is 5.24. The lowest BCUT2D eigenvalue weighted by Gasteiger charge is -2.04. The number of hydrogen-bond acceptors (Lipinski definition) is 4. The zero-order chi connectivity index (χ0) is 11.4. The molecule has 16 heavy (non-hydrogen) atoms. The Kier molecular flexibility index (Phi) is 3.22. The van der Waals surface area contributed by atoms with Gasteiger partial charge in [-0.25, -0.2) is 9.97 Å². The molecule has 0 fully saturated rings. The van der Waals surface area contributed by atoms with Gasteiger partial charge >= 0.3 is 0 Å². The van der Waals surface area contributed by atoms with Gasteiger partial charge in [0, 0.05) is 30.1 Å². The van der Waals surface area contributed by atoms with Gasteiger partial charge in [0.1, 0.15) is 5.82 Å². The zero-order valence-electron chi connectivity index (χ0n) is 9.22. The summed E-state index contributed by atoms with van der Waals surface area (Å²) in [4.78, 5) is 12.8. The Balaban J connectivity index is 2.41. The molecular weight excluding hydrogens is 200 g/mol. The van der Waals surface area contributed by atoms with Crippen molar-refractivity contribution in [2.45, 2.75) is 13.3 Å². The normalized spacial score (nSPS) is 10.4. The Morgan fingerprint density at radius 3 is 2.88 bits per heavy atom. The average molecular weight is 214 g/mol. The first kappa shape index (κ1) is 10.7. The molecule has 0 bridgehead atoms. The maximum Gasteiger partial charge on any atom is 0.126 e. The third kappa shape index (κ3) is 2.41. The molecule has 0 aliphatic heterocycles. The molecule has 2 N–H and O–H groups in total. The highest BCUT2D eigenvalue weighted by molar-refractivity contribution is 5.57. The number of aromatic nitrogens is 3. The molecule has 0 aliphatic carbocycles. The van der Waals surface area contributed by atoms with Crippen molar-refractivity contribution in [3.63, 3.8) is 0 Å². The van der Waals surface area contributed by atoms with E-state index in [0.717, 1.165) is 29.2 Å². The standard InChI is InChI=1S/C12H14N4/c1-9-15-11(4-5-13)7-12(16-9)10-3-2-6-14-8-10/h2-3,6-8H,4-5,13H2,1H3. The van der Waals surface area contributed by atoms with Crippen LogP contribution in [0, 0.1) is 6.92 Å². The van der Waals surface area contributed by atoms with Gasteiger partial charge in [0.25, 0.3) is 0 Å². The van der Waals surface area contributed by atoms with E-state index in [4.69, 9.17) is 5.73 Å². The quantitative estimate of drug-likeness (QED) is 0.837. The highest BCUT2D eigenvalue weighted by atomic mass is 14.9. The fourth-order valence-corrected chi connectivity index (χ4v) is 1.57. The third-order valence-corrected chi connectivity index (χ3v) is 2.25. The van der Waals surface area contributed by atoms with E-state index in [1.165, 1.54) is 0 Å². The van der Waals surface area contributed by atoms with E-state index in [9.17, 15) is 0 Å². The maximum absolute atomic E-state index is 5.53. The summed E-state index contributed by atoms with van der Waals surface area (Å²) in [6.45, 7) is 2.49. The fraction of sp³-hybridized carbons (Fsp3) is 0.250. The molecule has 0 radical (unpaired) electrons. The van der Waals surface area contributed by atoms with Gasteiger partial charge in [0.2, 0.25) is 0 Å². The second-order valence-corrected chi connectivity index (χ2v) is 3.57. The summed E-state index contributed by atoms with van der Waals surface area (Å²) < 4.78 is 0. The molecule has 4 heteroatoms. The minimum absolute atomic E-state index is 0.600. The lowest BCUT2D eigenvalue weighted by atomic mass is 10.1. The average Bonchev–Trinajstić information content (AvgIpc) is 2.30. The van der Waals surface area contributed by atoms with Gasteiger partial charge in [0.15, 0.2) is 0 Å². The van der Waals surface area contributed by atoms with Crippen LogP contribution in [0.1, 0.15) is 11.5 Å². The van der Waals surface area contributed by atoms with E-state index in [0.29, 0.717) is 6.54 Å². The number of rotatable bonds is 3. The Morgan fingerprint density at radius 1 is 1.31 bits per heavy atom. The SMILES string of the molecule is Cc1nc(CCN)cc(-c2cccnc2)n1. The number of nitrogens with two attached hydrogens (primary N) is 1. The predicted molar refractivity (Wildman–Crippen MR) is 62.8 cm³/mol. The van der Waals surface area contributed by atoms with Crippen molar-refractivity contribution in [3.05, 3.63) is 42.1 Å². The van der Waals surface area contributed by atoms with Crippen LogP contribution in [0.4, 0.5) is 0 Å². The van der Waals surface area contributed by atoms with Crippen molar-refractivity contribution in [1.82, 2.24) is 15.0 Å². The Bertz CT molecular complexity index is 468. The summed E-state index contributed by atoms with van der Waals surface area (Å²) in [5.74, 6) is 0.768. The first-order valence-corrected chi connectivity index (χ1v) is 5.24. The third-order valence-electron chi connectivity index (χ3n) is 2.25. The van der Waals surface area contributed by atoms with Gasteiger partial charge in [-0.1, -0.05) is 0 Å². The van der Waals surface area contributed by atoms with Crippen LogP contribution >= 0.6 is 0 Å². The van der Waals surface area contributed by atoms with Crippen molar-refractivity contribution in [1.29, 1.82) is 0 Å². The van der Waals surface area contributed by atoms with Crippen LogP contribution in [0.15, 0.2) is 30.6 Å². The van der Waals surface area contributed by atoms with E-state index in [1.54, 1.807) is 12.4 Å². The van der Waals surface area contributed by atoms with Gasteiger partial charge in [-0.15, -0.1) is 0 Å². The number of pyridine rings is 1. The van der Waals surface area contributed by atoms with Crippen LogP contribution in [0.2, 0.25) is 0 Å². The Labute approximate surface area is 94.6 Å². The molecule has 0 atom stereocenters. The molecule has 0 saturated carbocycles. The lowest BCUT2D eigenvalue weighted by Crippen LogP contribution is -2.06. The van der Waals surface area contributed by atoms with E-state index in [2.05, 4.69) is 15.0 Å². The minimum Gasteiger partial charge on any atom is -0.330 e. The van der Waals surface area contributed by atoms with Crippen LogP contribution in [0.25, 0.3) is 11.3 Å². The maximum atomic E-state index is 5.53. The van der Waals surface area contributed by atoms with Gasteiger partial charge in [-0.05, 0) is 31.7 Å². The molecule has 82 valence electrons. The van der Waals surface area contributed by atoms with Gasteiger partial charge in [0.05, 0.1) is 5.69 Å². The molecule has 0 aliphatic rings. The fourth-order valence-electron chi connectivity index (χ4n) is 1.57. The smallest absolute Gasteiger partial charge is 0.126 e. The number of aryl methyl sites for hydroxylation is 1. The molecule has 4 nitrogen and oxygen atoms in total. The van der Waals surface area contributed by atoms with Gasteiger partial charge in [-0.3, -0.25) is 4.98 Å². The van der Waals surface area contributed by atoms with E-state index < -0.39 is 0 Å². The van der Waals surface area contributed by atoms with Crippen molar-refractivity contribution < 1.29 is 0 Å². The van der Waals surface area contributed by atoms with Crippen LogP contribution in [0.5, 0.6) is 0 Å². The summed E-state index contributed by atoms with van der Waals surface area (Å²) in [5, 5.41) is 0. The topological polar surface area (TPSA) is 64.7 Å². The molecule has 0 unspecified atom stereocenters. The molecule has 0 spiro atoms. The van der Waals surface area contributed by atoms with Crippen molar-refractivity contribution in [2.75, 3.05) is 6.54 Å². The summed E-state index contributed by atoms with van der Waals surface area (Å²) in [6.07, 6.45) is 4.32. The molecule has 2 aromatic rings. The summed E-state index contributed by atoms with van der Waals surface area (Å²) in [7, 11) is 0. The molecule has 0 aromatic carbocycles. The molecule has 0 saturated heterocycles. The van der Waals surface area contributed by atoms with Crippen LogP contribution in [-0.4, -0.2) is 21.5 Å². The monoisotopic (exact) mass is 214 g/mol. The van der Waals surface area contributed by atoms with Crippen LogP contribution in [0.3, 0.4) is 0 Å². The lowest BCUT2D eigenvalue weighted by molar-refractivity contribution is 0.890. The molecule has 2 heterocycles. The van der Waals surface area contributed by atoms with Gasteiger partial charge in [-0.2, -0.15) is 0 Å². The first-order chi connectivity index (χ1) is 7.79. The second kappa shape index (κ2) is 4.81. The van der Waals surface area contributed by atoms with Crippen LogP contribution < -0.4 is 5.73 Å². The second-order valence-electron chi connectivity index (χ2n) is 3.57. The highest BCUT2D eigenvalue weighted by Gasteiger charge is 2.03.